The first-order valence-corrected chi connectivity index (χ1v) is 11.1. The summed E-state index contributed by atoms with van der Waals surface area (Å²) in [5.41, 5.74) is 1.05. The second-order valence-corrected chi connectivity index (χ2v) is 11.0. The van der Waals surface area contributed by atoms with Crippen LogP contribution in [0.15, 0.2) is 10.7 Å². The van der Waals surface area contributed by atoms with Crippen LogP contribution in [0.25, 0.3) is 0 Å². The van der Waals surface area contributed by atoms with Crippen molar-refractivity contribution < 1.29 is 18.7 Å². The second-order valence-electron chi connectivity index (χ2n) is 11.0. The molecule has 1 saturated heterocycles. The van der Waals surface area contributed by atoms with Crippen LogP contribution in [-0.4, -0.2) is 47.6 Å². The van der Waals surface area contributed by atoms with Crippen LogP contribution in [0.3, 0.4) is 0 Å². The van der Waals surface area contributed by atoms with Crippen molar-refractivity contribution >= 4 is 12.0 Å². The molecule has 3 fully saturated rings. The van der Waals surface area contributed by atoms with Gasteiger partial charge in [-0.15, -0.1) is 0 Å². The molecule has 2 amide bonds. The molecule has 0 aromatic carbocycles. The van der Waals surface area contributed by atoms with Crippen molar-refractivity contribution in [2.24, 2.45) is 11.3 Å². The van der Waals surface area contributed by atoms with Gasteiger partial charge in [-0.25, -0.2) is 9.78 Å². The Morgan fingerprint density at radius 1 is 1.20 bits per heavy atom. The number of likely N-dealkylation sites (tertiary alicyclic amines) is 1. The van der Waals surface area contributed by atoms with Crippen molar-refractivity contribution in [2.45, 2.75) is 83.1 Å². The summed E-state index contributed by atoms with van der Waals surface area (Å²) in [6.07, 6.45) is 7.11. The van der Waals surface area contributed by atoms with Crippen molar-refractivity contribution in [1.29, 1.82) is 0 Å². The molecular formula is C23H35N3O4. The van der Waals surface area contributed by atoms with Gasteiger partial charge in [0.2, 0.25) is 5.91 Å². The monoisotopic (exact) mass is 417 g/mol. The Morgan fingerprint density at radius 3 is 2.37 bits per heavy atom. The maximum absolute atomic E-state index is 12.9. The summed E-state index contributed by atoms with van der Waals surface area (Å²) in [5.74, 6) is 1.56. The number of ether oxygens (including phenoxy) is 1. The highest BCUT2D eigenvalue weighted by atomic mass is 16.5. The molecule has 2 aliphatic carbocycles. The topological polar surface area (TPSA) is 84.7 Å². The fourth-order valence-electron chi connectivity index (χ4n) is 5.45. The van der Waals surface area contributed by atoms with Crippen LogP contribution in [0.4, 0.5) is 4.79 Å². The lowest BCUT2D eigenvalue weighted by Crippen LogP contribution is -2.59. The van der Waals surface area contributed by atoms with Crippen LogP contribution in [0.5, 0.6) is 0 Å². The van der Waals surface area contributed by atoms with Crippen LogP contribution >= 0.6 is 0 Å². The molecule has 1 N–H and O–H groups in total. The molecule has 1 aromatic rings. The Kier molecular flexibility index (Phi) is 5.14. The van der Waals surface area contributed by atoms with Gasteiger partial charge in [0, 0.05) is 35.9 Å². The molecule has 7 heteroatoms. The van der Waals surface area contributed by atoms with Gasteiger partial charge < -0.3 is 19.4 Å². The second kappa shape index (κ2) is 7.27. The first-order chi connectivity index (χ1) is 14.0. The lowest BCUT2D eigenvalue weighted by atomic mass is 9.57. The Morgan fingerprint density at radius 2 is 1.83 bits per heavy atom. The van der Waals surface area contributed by atoms with Gasteiger partial charge in [0.25, 0.3) is 0 Å². The van der Waals surface area contributed by atoms with E-state index in [2.05, 4.69) is 30.8 Å². The molecule has 0 radical (unpaired) electrons. The molecule has 166 valence electrons. The number of methoxy groups -OCH3 is 1. The number of carbonyl (C=O) groups excluding carboxylic acids is 2. The smallest absolute Gasteiger partial charge is 0.407 e. The molecule has 1 spiro atoms. The van der Waals surface area contributed by atoms with Gasteiger partial charge >= 0.3 is 6.09 Å². The van der Waals surface area contributed by atoms with E-state index in [1.807, 2.05) is 18.1 Å². The highest BCUT2D eigenvalue weighted by Gasteiger charge is 2.51. The van der Waals surface area contributed by atoms with Gasteiger partial charge in [0.05, 0.1) is 12.8 Å². The van der Waals surface area contributed by atoms with Crippen molar-refractivity contribution in [3.63, 3.8) is 0 Å². The Bertz CT molecular complexity index is 803. The third-order valence-corrected chi connectivity index (χ3v) is 7.47. The molecule has 30 heavy (non-hydrogen) atoms. The summed E-state index contributed by atoms with van der Waals surface area (Å²) in [7, 11) is 1.36. The zero-order valence-electron chi connectivity index (χ0n) is 18.9. The zero-order chi connectivity index (χ0) is 21.7. The SMILES string of the molecule is COC(=O)NC1(C)CC(C(=O)N2CCC3(CC2)CC(c2nc(C(C)(C)C)co2)C3)C1. The fourth-order valence-corrected chi connectivity index (χ4v) is 5.45. The Hall–Kier alpha value is -2.05. The van der Waals surface area contributed by atoms with Gasteiger partial charge in [-0.05, 0) is 50.9 Å². The van der Waals surface area contributed by atoms with Gasteiger partial charge in [-0.2, -0.15) is 0 Å². The summed E-state index contributed by atoms with van der Waals surface area (Å²) in [6.45, 7) is 10.1. The molecule has 0 unspecified atom stereocenters. The van der Waals surface area contributed by atoms with E-state index in [4.69, 9.17) is 9.40 Å². The molecule has 4 rings (SSSR count). The minimum Gasteiger partial charge on any atom is -0.453 e. The minimum absolute atomic E-state index is 0.0125. The first-order valence-electron chi connectivity index (χ1n) is 11.1. The summed E-state index contributed by atoms with van der Waals surface area (Å²) < 4.78 is 10.5. The maximum atomic E-state index is 12.9. The number of piperidine rings is 1. The average molecular weight is 418 g/mol. The van der Waals surface area contributed by atoms with E-state index in [0.717, 1.165) is 50.4 Å². The van der Waals surface area contributed by atoms with E-state index in [9.17, 15) is 9.59 Å². The maximum Gasteiger partial charge on any atom is 0.407 e. The fraction of sp³-hybridized carbons (Fsp3) is 0.783. The lowest BCUT2D eigenvalue weighted by Gasteiger charge is -2.52. The van der Waals surface area contributed by atoms with Gasteiger partial charge in [0.1, 0.15) is 6.26 Å². The molecule has 1 aliphatic heterocycles. The van der Waals surface area contributed by atoms with Gasteiger partial charge in [0.15, 0.2) is 5.89 Å². The number of amides is 2. The Balaban J connectivity index is 1.24. The van der Waals surface area contributed by atoms with Crippen LogP contribution in [0, 0.1) is 11.3 Å². The van der Waals surface area contributed by atoms with Crippen LogP contribution in [-0.2, 0) is 14.9 Å². The van der Waals surface area contributed by atoms with Crippen molar-refractivity contribution in [3.05, 3.63) is 17.8 Å². The number of hydrogen-bond donors (Lipinski definition) is 1. The third kappa shape index (κ3) is 3.95. The summed E-state index contributed by atoms with van der Waals surface area (Å²) in [5, 5.41) is 2.85. The summed E-state index contributed by atoms with van der Waals surface area (Å²) >= 11 is 0. The van der Waals surface area contributed by atoms with E-state index in [-0.39, 0.29) is 22.8 Å². The van der Waals surface area contributed by atoms with E-state index in [1.165, 1.54) is 7.11 Å². The molecule has 2 saturated carbocycles. The van der Waals surface area contributed by atoms with Crippen molar-refractivity contribution in [3.8, 4) is 0 Å². The summed E-state index contributed by atoms with van der Waals surface area (Å²) in [6, 6.07) is 0. The largest absolute Gasteiger partial charge is 0.453 e. The minimum atomic E-state index is -0.427. The zero-order valence-corrected chi connectivity index (χ0v) is 18.9. The number of alkyl carbamates (subject to hydrolysis) is 1. The van der Waals surface area contributed by atoms with Crippen molar-refractivity contribution in [2.75, 3.05) is 20.2 Å². The normalized spacial score (nSPS) is 28.6. The van der Waals surface area contributed by atoms with E-state index >= 15 is 0 Å². The van der Waals surface area contributed by atoms with Crippen molar-refractivity contribution in [1.82, 2.24) is 15.2 Å². The number of nitrogens with one attached hydrogen (secondary N) is 1. The van der Waals surface area contributed by atoms with Crippen LogP contribution in [0.1, 0.15) is 83.7 Å². The Labute approximate surface area is 178 Å². The van der Waals surface area contributed by atoms with E-state index < -0.39 is 6.09 Å². The number of oxazole rings is 1. The average Bonchev–Trinajstić information content (AvgIpc) is 3.13. The number of hydrogen-bond acceptors (Lipinski definition) is 5. The third-order valence-electron chi connectivity index (χ3n) is 7.47. The highest BCUT2D eigenvalue weighted by Crippen LogP contribution is 2.56. The molecule has 3 aliphatic rings. The van der Waals surface area contributed by atoms with Crippen LogP contribution < -0.4 is 5.32 Å². The quantitative estimate of drug-likeness (QED) is 0.804. The highest BCUT2D eigenvalue weighted by molar-refractivity contribution is 5.81. The molecule has 1 aromatic heterocycles. The molecule has 7 nitrogen and oxygen atoms in total. The summed E-state index contributed by atoms with van der Waals surface area (Å²) in [4.78, 5) is 31.1. The predicted octanol–water partition coefficient (Wildman–Crippen LogP) is 3.98. The molecular weight excluding hydrogens is 382 g/mol. The van der Waals surface area contributed by atoms with E-state index in [1.54, 1.807) is 0 Å². The van der Waals surface area contributed by atoms with Crippen LogP contribution in [0.2, 0.25) is 0 Å². The molecule has 0 bridgehead atoms. The first kappa shape index (κ1) is 21.2. The standard InChI is InChI=1S/C23H35N3O4/c1-21(2,3)17-14-30-18(24-17)15-12-23(13-15)6-8-26(9-7-23)19(27)16-10-22(4,11-16)25-20(28)29-5/h14-16H,6-13H2,1-5H3,(H,25,28). The number of rotatable bonds is 3. The van der Waals surface area contributed by atoms with Gasteiger partial charge in [-0.3, -0.25) is 4.79 Å². The van der Waals surface area contributed by atoms with Gasteiger partial charge in [-0.1, -0.05) is 20.8 Å². The number of nitrogens with zero attached hydrogens (tertiary/aromatic N) is 2. The number of aromatic nitrogens is 1. The molecule has 0 atom stereocenters. The van der Waals surface area contributed by atoms with E-state index in [0.29, 0.717) is 24.2 Å². The molecule has 2 heterocycles. The lowest BCUT2D eigenvalue weighted by molar-refractivity contribution is -0.144. The predicted molar refractivity (Wildman–Crippen MR) is 112 cm³/mol. The number of carbonyl (C=O) groups is 2.